The molecule has 1 aromatic carbocycles. The van der Waals surface area contributed by atoms with Crippen LogP contribution in [-0.2, 0) is 11.3 Å². The van der Waals surface area contributed by atoms with E-state index >= 15 is 0 Å². The van der Waals surface area contributed by atoms with Gasteiger partial charge in [0, 0.05) is 4.90 Å². The Kier molecular flexibility index (Phi) is 7.03. The quantitative estimate of drug-likeness (QED) is 0.538. The first-order valence-electron chi connectivity index (χ1n) is 8.82. The van der Waals surface area contributed by atoms with Gasteiger partial charge in [-0.3, -0.25) is 4.79 Å². The van der Waals surface area contributed by atoms with Crippen LogP contribution in [0.3, 0.4) is 0 Å². The van der Waals surface area contributed by atoms with Gasteiger partial charge in [0.05, 0.1) is 17.1 Å². The fourth-order valence-corrected chi connectivity index (χ4v) is 4.00. The maximum atomic E-state index is 12.5. The molecule has 3 rings (SSSR count). The number of para-hydroxylation sites is 1. The average molecular weight is 404 g/mol. The molecule has 0 radical (unpaired) electrons. The second kappa shape index (κ2) is 9.68. The highest BCUT2D eigenvalue weighted by atomic mass is 32.2. The normalized spacial score (nSPS) is 12.1. The SMILES string of the molecule is CCC[NH+](CC(=O)Nc1ccccc1SC)Cc1nnc(-c2cccs2)o1. The van der Waals surface area contributed by atoms with E-state index in [9.17, 15) is 4.79 Å². The maximum absolute atomic E-state index is 12.5. The highest BCUT2D eigenvalue weighted by Gasteiger charge is 2.19. The van der Waals surface area contributed by atoms with Crippen LogP contribution in [0.1, 0.15) is 19.2 Å². The van der Waals surface area contributed by atoms with Crippen molar-refractivity contribution < 1.29 is 14.1 Å². The number of nitrogens with one attached hydrogen (secondary N) is 2. The molecule has 0 aliphatic carbocycles. The molecule has 0 aliphatic heterocycles. The Balaban J connectivity index is 1.62. The van der Waals surface area contributed by atoms with Crippen molar-refractivity contribution in [1.82, 2.24) is 10.2 Å². The fourth-order valence-electron chi connectivity index (χ4n) is 2.80. The molecule has 2 aromatic heterocycles. The molecule has 0 saturated heterocycles. The van der Waals surface area contributed by atoms with E-state index in [1.165, 1.54) is 0 Å². The van der Waals surface area contributed by atoms with Gasteiger partial charge in [-0.05, 0) is 36.3 Å². The number of carbonyl (C=O) groups excluding carboxylic acids is 1. The fraction of sp³-hybridized carbons (Fsp3) is 0.316. The molecule has 0 aliphatic rings. The molecule has 1 atom stereocenters. The number of carbonyl (C=O) groups is 1. The summed E-state index contributed by atoms with van der Waals surface area (Å²) in [5, 5.41) is 13.3. The van der Waals surface area contributed by atoms with Gasteiger partial charge >= 0.3 is 0 Å². The molecule has 3 aromatic rings. The second-order valence-electron chi connectivity index (χ2n) is 6.08. The largest absolute Gasteiger partial charge is 0.414 e. The zero-order valence-corrected chi connectivity index (χ0v) is 17.0. The molecule has 0 bridgehead atoms. The second-order valence-corrected chi connectivity index (χ2v) is 7.88. The van der Waals surface area contributed by atoms with Crippen LogP contribution < -0.4 is 10.2 Å². The summed E-state index contributed by atoms with van der Waals surface area (Å²) < 4.78 is 5.77. The van der Waals surface area contributed by atoms with Gasteiger partial charge in [-0.1, -0.05) is 25.1 Å². The van der Waals surface area contributed by atoms with Crippen molar-refractivity contribution in [2.24, 2.45) is 0 Å². The lowest BCUT2D eigenvalue weighted by molar-refractivity contribution is -0.907. The first-order chi connectivity index (χ1) is 13.2. The number of thiophene rings is 1. The van der Waals surface area contributed by atoms with Gasteiger partial charge in [-0.25, -0.2) is 0 Å². The topological polar surface area (TPSA) is 72.5 Å². The summed E-state index contributed by atoms with van der Waals surface area (Å²) in [7, 11) is 0. The molecule has 0 spiro atoms. The van der Waals surface area contributed by atoms with Gasteiger partial charge in [-0.2, -0.15) is 0 Å². The zero-order chi connectivity index (χ0) is 19.1. The summed E-state index contributed by atoms with van der Waals surface area (Å²) in [6.07, 6.45) is 2.97. The van der Waals surface area contributed by atoms with Crippen molar-refractivity contribution >= 4 is 34.7 Å². The Morgan fingerprint density at radius 2 is 2.11 bits per heavy atom. The number of hydrogen-bond donors (Lipinski definition) is 2. The van der Waals surface area contributed by atoms with Crippen molar-refractivity contribution in [3.05, 3.63) is 47.7 Å². The minimum atomic E-state index is -0.0158. The maximum Gasteiger partial charge on any atom is 0.279 e. The summed E-state index contributed by atoms with van der Waals surface area (Å²) in [5.74, 6) is 1.08. The van der Waals surface area contributed by atoms with Gasteiger partial charge in [0.15, 0.2) is 13.1 Å². The van der Waals surface area contributed by atoms with Crippen LogP contribution in [0.15, 0.2) is 51.1 Å². The van der Waals surface area contributed by atoms with E-state index in [1.807, 2.05) is 48.0 Å². The Labute approximate surface area is 167 Å². The highest BCUT2D eigenvalue weighted by molar-refractivity contribution is 7.98. The van der Waals surface area contributed by atoms with Crippen LogP contribution in [0.4, 0.5) is 5.69 Å². The third kappa shape index (κ3) is 5.41. The van der Waals surface area contributed by atoms with E-state index in [1.54, 1.807) is 23.1 Å². The van der Waals surface area contributed by atoms with E-state index in [-0.39, 0.29) is 5.91 Å². The molecule has 0 saturated carbocycles. The van der Waals surface area contributed by atoms with Crippen LogP contribution >= 0.6 is 23.1 Å². The summed E-state index contributed by atoms with van der Waals surface area (Å²) in [4.78, 5) is 15.6. The zero-order valence-electron chi connectivity index (χ0n) is 15.4. The van der Waals surface area contributed by atoms with E-state index in [4.69, 9.17) is 4.42 Å². The van der Waals surface area contributed by atoms with Crippen LogP contribution in [0, 0.1) is 0 Å². The summed E-state index contributed by atoms with van der Waals surface area (Å²) in [6.45, 7) is 3.84. The Hall–Kier alpha value is -2.16. The van der Waals surface area contributed by atoms with Crippen molar-refractivity contribution in [3.8, 4) is 10.8 Å². The third-order valence-electron chi connectivity index (χ3n) is 4.00. The predicted molar refractivity (Wildman–Crippen MR) is 109 cm³/mol. The summed E-state index contributed by atoms with van der Waals surface area (Å²) in [6, 6.07) is 11.7. The monoisotopic (exact) mass is 403 g/mol. The minimum Gasteiger partial charge on any atom is -0.414 e. The van der Waals surface area contributed by atoms with Crippen LogP contribution in [0.25, 0.3) is 10.8 Å². The van der Waals surface area contributed by atoms with Gasteiger partial charge in [0.25, 0.3) is 17.7 Å². The van der Waals surface area contributed by atoms with Gasteiger partial charge in [0.2, 0.25) is 0 Å². The predicted octanol–water partition coefficient (Wildman–Crippen LogP) is 2.95. The first kappa shape index (κ1) is 19.6. The Morgan fingerprint density at radius 3 is 2.85 bits per heavy atom. The molecule has 142 valence electrons. The van der Waals surface area contributed by atoms with Crippen LogP contribution in [0.2, 0.25) is 0 Å². The number of rotatable bonds is 9. The third-order valence-corrected chi connectivity index (χ3v) is 5.65. The molecule has 1 amide bonds. The number of anilines is 1. The average Bonchev–Trinajstić information content (AvgIpc) is 3.34. The molecule has 1 unspecified atom stereocenters. The number of aromatic nitrogens is 2. The lowest BCUT2D eigenvalue weighted by Crippen LogP contribution is -3.11. The van der Waals surface area contributed by atoms with Crippen molar-refractivity contribution in [2.75, 3.05) is 24.7 Å². The van der Waals surface area contributed by atoms with E-state index in [2.05, 4.69) is 22.4 Å². The molecule has 0 fully saturated rings. The molecule has 27 heavy (non-hydrogen) atoms. The number of benzene rings is 1. The molecule has 8 heteroatoms. The molecule has 2 heterocycles. The number of hydrogen-bond acceptors (Lipinski definition) is 6. The van der Waals surface area contributed by atoms with E-state index in [0.29, 0.717) is 24.9 Å². The van der Waals surface area contributed by atoms with Gasteiger partial charge in [-0.15, -0.1) is 33.3 Å². The number of quaternary nitrogens is 1. The Morgan fingerprint density at radius 1 is 1.26 bits per heavy atom. The number of nitrogens with zero attached hydrogens (tertiary/aromatic N) is 2. The van der Waals surface area contributed by atoms with Crippen molar-refractivity contribution in [1.29, 1.82) is 0 Å². The standard InChI is InChI=1S/C19H22N4O2S2/c1-3-10-23(12-17(24)20-14-7-4-5-8-15(14)26-2)13-18-21-22-19(25-18)16-9-6-11-27-16/h4-9,11H,3,10,12-13H2,1-2H3,(H,20,24)/p+1. The Bertz CT molecular complexity index is 864. The highest BCUT2D eigenvalue weighted by Crippen LogP contribution is 2.24. The molecular weight excluding hydrogens is 380 g/mol. The molecule has 6 nitrogen and oxygen atoms in total. The van der Waals surface area contributed by atoms with E-state index in [0.717, 1.165) is 33.3 Å². The van der Waals surface area contributed by atoms with E-state index < -0.39 is 0 Å². The van der Waals surface area contributed by atoms with Gasteiger partial charge < -0.3 is 14.6 Å². The smallest absolute Gasteiger partial charge is 0.279 e. The molecular formula is C19H23N4O2S2+. The lowest BCUT2D eigenvalue weighted by Gasteiger charge is -2.17. The summed E-state index contributed by atoms with van der Waals surface area (Å²) in [5.41, 5.74) is 0.851. The molecule has 2 N–H and O–H groups in total. The van der Waals surface area contributed by atoms with Crippen LogP contribution in [0.5, 0.6) is 0 Å². The van der Waals surface area contributed by atoms with Crippen molar-refractivity contribution in [3.63, 3.8) is 0 Å². The summed E-state index contributed by atoms with van der Waals surface area (Å²) >= 11 is 3.18. The number of thioether (sulfide) groups is 1. The minimum absolute atomic E-state index is 0.0158. The first-order valence-corrected chi connectivity index (χ1v) is 10.9. The van der Waals surface area contributed by atoms with Crippen LogP contribution in [-0.4, -0.2) is 35.4 Å². The van der Waals surface area contributed by atoms with Gasteiger partial charge in [0.1, 0.15) is 0 Å². The van der Waals surface area contributed by atoms with Crippen molar-refractivity contribution in [2.45, 2.75) is 24.8 Å². The lowest BCUT2D eigenvalue weighted by atomic mass is 10.3. The number of amides is 1.